The van der Waals surface area contributed by atoms with Crippen LogP contribution in [0.4, 0.5) is 0 Å². The van der Waals surface area contributed by atoms with Crippen molar-refractivity contribution in [1.82, 2.24) is 5.32 Å². The molecule has 19 heavy (non-hydrogen) atoms. The summed E-state index contributed by atoms with van der Waals surface area (Å²) in [4.78, 5) is 36.2. The summed E-state index contributed by atoms with van der Waals surface area (Å²) in [6.45, 7) is 1.57. The molecule has 2 atom stereocenters. The molecule has 3 rings (SSSR count). The van der Waals surface area contributed by atoms with Gasteiger partial charge in [0.25, 0.3) is 5.91 Å². The van der Waals surface area contributed by atoms with Gasteiger partial charge in [-0.05, 0) is 0 Å². The van der Waals surface area contributed by atoms with Crippen molar-refractivity contribution < 1.29 is 19.5 Å². The van der Waals surface area contributed by atoms with Gasteiger partial charge < -0.3 is 10.4 Å². The zero-order valence-electron chi connectivity index (χ0n) is 10.1. The number of aliphatic hydroxyl groups excluding tert-OH is 1. The highest BCUT2D eigenvalue weighted by molar-refractivity contribution is 6.28. The van der Waals surface area contributed by atoms with Crippen LogP contribution in [0, 0.1) is 5.92 Å². The van der Waals surface area contributed by atoms with Gasteiger partial charge >= 0.3 is 0 Å². The van der Waals surface area contributed by atoms with Crippen molar-refractivity contribution in [3.8, 4) is 0 Å². The summed E-state index contributed by atoms with van der Waals surface area (Å²) in [6.07, 6.45) is -1.30. The Morgan fingerprint density at radius 1 is 1.05 bits per heavy atom. The number of carbonyl (C=O) groups is 3. The molecular formula is C14H11NO4. The Labute approximate surface area is 108 Å². The molecule has 0 aromatic heterocycles. The SMILES string of the molecule is C[C@@H]1C2=C(NC(=O)[C@@H]1O)C(=O)c1ccccc1C2=O. The second-order valence-electron chi connectivity index (χ2n) is 4.72. The van der Waals surface area contributed by atoms with Gasteiger partial charge in [-0.3, -0.25) is 14.4 Å². The maximum Gasteiger partial charge on any atom is 0.253 e. The Hall–Kier alpha value is -2.27. The molecule has 0 unspecified atom stereocenters. The smallest absolute Gasteiger partial charge is 0.253 e. The third kappa shape index (κ3) is 1.48. The lowest BCUT2D eigenvalue weighted by Gasteiger charge is -2.31. The van der Waals surface area contributed by atoms with E-state index in [4.69, 9.17) is 0 Å². The monoisotopic (exact) mass is 257 g/mol. The Balaban J connectivity index is 2.23. The molecule has 96 valence electrons. The molecule has 2 aliphatic rings. The summed E-state index contributed by atoms with van der Waals surface area (Å²) in [5.41, 5.74) is 0.805. The minimum Gasteiger partial charge on any atom is -0.383 e. The average molecular weight is 257 g/mol. The number of rotatable bonds is 0. The number of hydrogen-bond acceptors (Lipinski definition) is 4. The Morgan fingerprint density at radius 3 is 2.26 bits per heavy atom. The second kappa shape index (κ2) is 3.86. The molecule has 1 amide bonds. The average Bonchev–Trinajstić information content (AvgIpc) is 2.42. The summed E-state index contributed by atoms with van der Waals surface area (Å²) >= 11 is 0. The van der Waals surface area contributed by atoms with Crippen molar-refractivity contribution in [2.24, 2.45) is 5.92 Å². The Morgan fingerprint density at radius 2 is 1.63 bits per heavy atom. The highest BCUT2D eigenvalue weighted by Crippen LogP contribution is 2.33. The van der Waals surface area contributed by atoms with E-state index in [0.717, 1.165) is 0 Å². The first-order valence-electron chi connectivity index (χ1n) is 5.94. The van der Waals surface area contributed by atoms with E-state index < -0.39 is 17.9 Å². The number of carbonyl (C=O) groups excluding carboxylic acids is 3. The fraction of sp³-hybridized carbons (Fsp3) is 0.214. The molecule has 2 N–H and O–H groups in total. The van der Waals surface area contributed by atoms with Gasteiger partial charge in [-0.2, -0.15) is 0 Å². The Bertz CT molecular complexity index is 659. The van der Waals surface area contributed by atoms with Crippen LogP contribution in [0.3, 0.4) is 0 Å². The number of aliphatic hydroxyl groups is 1. The zero-order chi connectivity index (χ0) is 13.7. The molecule has 5 nitrogen and oxygen atoms in total. The molecule has 0 fully saturated rings. The minimum absolute atomic E-state index is 0.00602. The molecule has 1 aromatic rings. The van der Waals surface area contributed by atoms with Gasteiger partial charge in [-0.25, -0.2) is 0 Å². The lowest BCUT2D eigenvalue weighted by atomic mass is 9.78. The second-order valence-corrected chi connectivity index (χ2v) is 4.72. The summed E-state index contributed by atoms with van der Waals surface area (Å²) in [7, 11) is 0. The van der Waals surface area contributed by atoms with E-state index in [1.807, 2.05) is 0 Å². The van der Waals surface area contributed by atoms with E-state index in [2.05, 4.69) is 5.32 Å². The predicted molar refractivity (Wildman–Crippen MR) is 65.4 cm³/mol. The van der Waals surface area contributed by atoms with Gasteiger partial charge in [0, 0.05) is 22.6 Å². The van der Waals surface area contributed by atoms with Gasteiger partial charge in [0.1, 0.15) is 6.10 Å². The number of benzene rings is 1. The van der Waals surface area contributed by atoms with Crippen molar-refractivity contribution in [3.05, 3.63) is 46.7 Å². The highest BCUT2D eigenvalue weighted by atomic mass is 16.3. The molecule has 0 spiro atoms. The van der Waals surface area contributed by atoms with E-state index in [1.165, 1.54) is 0 Å². The van der Waals surface area contributed by atoms with E-state index in [-0.39, 0.29) is 28.4 Å². The normalized spacial score (nSPS) is 25.9. The first kappa shape index (κ1) is 11.8. The van der Waals surface area contributed by atoms with Crippen molar-refractivity contribution in [1.29, 1.82) is 0 Å². The fourth-order valence-corrected chi connectivity index (χ4v) is 2.54. The first-order valence-corrected chi connectivity index (χ1v) is 5.94. The molecule has 0 radical (unpaired) electrons. The van der Waals surface area contributed by atoms with Gasteiger partial charge in [0.05, 0.1) is 5.70 Å². The third-order valence-electron chi connectivity index (χ3n) is 3.60. The molecule has 1 aromatic carbocycles. The van der Waals surface area contributed by atoms with Crippen LogP contribution in [0.25, 0.3) is 0 Å². The number of amides is 1. The van der Waals surface area contributed by atoms with Gasteiger partial charge in [-0.1, -0.05) is 31.2 Å². The molecule has 1 aliphatic carbocycles. The van der Waals surface area contributed by atoms with Crippen LogP contribution in [-0.2, 0) is 4.79 Å². The summed E-state index contributed by atoms with van der Waals surface area (Å²) in [6, 6.07) is 6.48. The number of ketones is 2. The highest BCUT2D eigenvalue weighted by Gasteiger charge is 2.42. The van der Waals surface area contributed by atoms with Gasteiger partial charge in [0.2, 0.25) is 5.78 Å². The molecule has 0 saturated heterocycles. The van der Waals surface area contributed by atoms with E-state index in [9.17, 15) is 19.5 Å². The third-order valence-corrected chi connectivity index (χ3v) is 3.60. The van der Waals surface area contributed by atoms with Crippen LogP contribution >= 0.6 is 0 Å². The number of allylic oxidation sites excluding steroid dienone is 1. The van der Waals surface area contributed by atoms with Crippen LogP contribution in [-0.4, -0.2) is 28.7 Å². The largest absolute Gasteiger partial charge is 0.383 e. The molecule has 0 saturated carbocycles. The maximum atomic E-state index is 12.4. The van der Waals surface area contributed by atoms with Gasteiger partial charge in [0.15, 0.2) is 5.78 Å². The van der Waals surface area contributed by atoms with E-state index in [0.29, 0.717) is 5.56 Å². The van der Waals surface area contributed by atoms with Crippen molar-refractivity contribution >= 4 is 17.5 Å². The van der Waals surface area contributed by atoms with Crippen LogP contribution < -0.4 is 5.32 Å². The maximum absolute atomic E-state index is 12.4. The molecule has 5 heteroatoms. The Kier molecular flexibility index (Phi) is 2.40. The zero-order valence-corrected chi connectivity index (χ0v) is 10.1. The quantitative estimate of drug-likeness (QED) is 0.706. The van der Waals surface area contributed by atoms with Crippen LogP contribution in [0.2, 0.25) is 0 Å². The lowest BCUT2D eigenvalue weighted by molar-refractivity contribution is -0.131. The van der Waals surface area contributed by atoms with Crippen LogP contribution in [0.5, 0.6) is 0 Å². The van der Waals surface area contributed by atoms with Gasteiger partial charge in [-0.15, -0.1) is 0 Å². The van der Waals surface area contributed by atoms with E-state index in [1.54, 1.807) is 31.2 Å². The number of nitrogens with one attached hydrogen (secondary N) is 1. The lowest BCUT2D eigenvalue weighted by Crippen LogP contribution is -2.49. The molecular weight excluding hydrogens is 246 g/mol. The topological polar surface area (TPSA) is 83.5 Å². The number of hydrogen-bond donors (Lipinski definition) is 2. The minimum atomic E-state index is -1.30. The van der Waals surface area contributed by atoms with Crippen LogP contribution in [0.1, 0.15) is 27.6 Å². The summed E-state index contributed by atoms with van der Waals surface area (Å²) < 4.78 is 0. The summed E-state index contributed by atoms with van der Waals surface area (Å²) in [5, 5.41) is 12.1. The van der Waals surface area contributed by atoms with Crippen molar-refractivity contribution in [2.75, 3.05) is 0 Å². The number of fused-ring (bicyclic) bond motifs is 1. The summed E-state index contributed by atoms with van der Waals surface area (Å²) in [5.74, 6) is -2.02. The first-order chi connectivity index (χ1) is 9.02. The predicted octanol–water partition coefficient (Wildman–Crippen LogP) is 0.447. The fourth-order valence-electron chi connectivity index (χ4n) is 2.54. The van der Waals surface area contributed by atoms with Crippen LogP contribution in [0.15, 0.2) is 35.5 Å². The molecule has 1 aliphatic heterocycles. The molecule has 0 bridgehead atoms. The molecule has 1 heterocycles. The van der Waals surface area contributed by atoms with E-state index >= 15 is 0 Å². The van der Waals surface area contributed by atoms with Crippen molar-refractivity contribution in [3.63, 3.8) is 0 Å². The van der Waals surface area contributed by atoms with Crippen molar-refractivity contribution in [2.45, 2.75) is 13.0 Å². The number of Topliss-reactive ketones (excluding diaryl/α,β-unsaturated/α-hetero) is 2. The standard InChI is InChI=1S/C14H11NO4/c1-6-9-10(15-14(19)11(6)16)13(18)8-5-3-2-4-7(8)12(9)17/h2-6,11,16H,1H3,(H,15,19)/t6-,11-/m1/s1.